The summed E-state index contributed by atoms with van der Waals surface area (Å²) in [5.41, 5.74) is 3.44. The van der Waals surface area contributed by atoms with Gasteiger partial charge in [0.25, 0.3) is 0 Å². The zero-order valence-corrected chi connectivity index (χ0v) is 11.4. The first-order valence-corrected chi connectivity index (χ1v) is 7.06. The van der Waals surface area contributed by atoms with Gasteiger partial charge in [0.2, 0.25) is 0 Å². The molecule has 0 N–H and O–H groups in total. The maximum absolute atomic E-state index is 11.9. The number of hydrogen-bond acceptors (Lipinski definition) is 4. The summed E-state index contributed by atoms with van der Waals surface area (Å²) in [6.07, 6.45) is 5.77. The first kappa shape index (κ1) is 12.1. The molecule has 0 spiro atoms. The summed E-state index contributed by atoms with van der Waals surface area (Å²) in [6.45, 7) is 0. The summed E-state index contributed by atoms with van der Waals surface area (Å²) >= 11 is 0. The molecule has 2 heterocycles. The van der Waals surface area contributed by atoms with Gasteiger partial charge in [-0.25, -0.2) is 9.97 Å². The fraction of sp³-hybridized carbons (Fsp3) is 0.176. The fourth-order valence-electron chi connectivity index (χ4n) is 2.81. The average molecular weight is 275 g/mol. The van der Waals surface area contributed by atoms with Crippen molar-refractivity contribution < 1.29 is 4.79 Å². The first-order valence-electron chi connectivity index (χ1n) is 7.06. The summed E-state index contributed by atoms with van der Waals surface area (Å²) in [6, 6.07) is 9.86. The third-order valence-corrected chi connectivity index (χ3v) is 3.88. The molecule has 0 fully saturated rings. The lowest BCUT2D eigenvalue weighted by Gasteiger charge is -2.14. The van der Waals surface area contributed by atoms with Crippen LogP contribution >= 0.6 is 0 Å². The molecule has 0 saturated carbocycles. The van der Waals surface area contributed by atoms with E-state index in [0.717, 1.165) is 35.0 Å². The summed E-state index contributed by atoms with van der Waals surface area (Å²) in [4.78, 5) is 25.2. The number of Topliss-reactive ketones (excluding diaryl/α,β-unsaturated/α-hetero) is 1. The van der Waals surface area contributed by atoms with Crippen LogP contribution in [-0.4, -0.2) is 20.7 Å². The van der Waals surface area contributed by atoms with E-state index >= 15 is 0 Å². The molecule has 0 aliphatic heterocycles. The van der Waals surface area contributed by atoms with Crippen molar-refractivity contribution in [3.63, 3.8) is 0 Å². The van der Waals surface area contributed by atoms with Gasteiger partial charge in [0.05, 0.1) is 16.8 Å². The summed E-state index contributed by atoms with van der Waals surface area (Å²) in [5.74, 6) is 0.824. The number of para-hydroxylation sites is 1. The van der Waals surface area contributed by atoms with E-state index < -0.39 is 0 Å². The van der Waals surface area contributed by atoms with Crippen LogP contribution < -0.4 is 0 Å². The Morgan fingerprint density at radius 1 is 0.952 bits per heavy atom. The molecule has 0 saturated heterocycles. The lowest BCUT2D eigenvalue weighted by Crippen LogP contribution is -2.13. The molecule has 2 aromatic heterocycles. The number of benzene rings is 1. The Balaban J connectivity index is 1.91. The molecule has 3 aromatic rings. The first-order chi connectivity index (χ1) is 10.3. The van der Waals surface area contributed by atoms with Crippen molar-refractivity contribution in [1.29, 1.82) is 0 Å². The molecule has 0 atom stereocenters. The summed E-state index contributed by atoms with van der Waals surface area (Å²) in [5, 5.41) is 1.03. The minimum Gasteiger partial charge on any atom is -0.294 e. The van der Waals surface area contributed by atoms with Crippen LogP contribution in [0.3, 0.4) is 0 Å². The van der Waals surface area contributed by atoms with Crippen molar-refractivity contribution in [2.45, 2.75) is 19.3 Å². The molecule has 0 bridgehead atoms. The minimum absolute atomic E-state index is 0.155. The highest BCUT2D eigenvalue weighted by Crippen LogP contribution is 2.27. The molecule has 4 nitrogen and oxygen atoms in total. The Morgan fingerprint density at radius 3 is 2.81 bits per heavy atom. The molecule has 1 aliphatic rings. The highest BCUT2D eigenvalue weighted by molar-refractivity contribution is 5.98. The van der Waals surface area contributed by atoms with E-state index in [9.17, 15) is 4.79 Å². The van der Waals surface area contributed by atoms with E-state index in [1.165, 1.54) is 0 Å². The van der Waals surface area contributed by atoms with Crippen molar-refractivity contribution >= 4 is 16.7 Å². The molecule has 0 radical (unpaired) electrons. The van der Waals surface area contributed by atoms with Crippen LogP contribution in [-0.2, 0) is 6.42 Å². The van der Waals surface area contributed by atoms with Gasteiger partial charge in [-0.15, -0.1) is 0 Å². The summed E-state index contributed by atoms with van der Waals surface area (Å²) in [7, 11) is 0. The summed E-state index contributed by atoms with van der Waals surface area (Å²) < 4.78 is 0. The third kappa shape index (κ3) is 2.00. The number of aryl methyl sites for hydroxylation is 1. The number of nitrogens with zero attached hydrogens (tertiary/aromatic N) is 3. The van der Waals surface area contributed by atoms with Crippen molar-refractivity contribution in [2.24, 2.45) is 0 Å². The largest absolute Gasteiger partial charge is 0.294 e. The minimum atomic E-state index is 0.155. The van der Waals surface area contributed by atoms with Gasteiger partial charge in [-0.2, -0.15) is 0 Å². The van der Waals surface area contributed by atoms with Gasteiger partial charge in [0, 0.05) is 29.8 Å². The van der Waals surface area contributed by atoms with Crippen LogP contribution in [0.4, 0.5) is 0 Å². The van der Waals surface area contributed by atoms with Gasteiger partial charge in [0.1, 0.15) is 0 Å². The number of hydrogen-bond donors (Lipinski definition) is 0. The molecular weight excluding hydrogens is 262 g/mol. The van der Waals surface area contributed by atoms with Crippen LogP contribution in [0, 0.1) is 0 Å². The van der Waals surface area contributed by atoms with Gasteiger partial charge in [-0.05, 0) is 25.0 Å². The highest BCUT2D eigenvalue weighted by atomic mass is 16.1. The Kier molecular flexibility index (Phi) is 2.74. The smallest absolute Gasteiger partial charge is 0.166 e. The second-order valence-corrected chi connectivity index (χ2v) is 5.21. The van der Waals surface area contributed by atoms with Crippen LogP contribution in [0.5, 0.6) is 0 Å². The van der Waals surface area contributed by atoms with Gasteiger partial charge in [-0.1, -0.05) is 18.2 Å². The number of pyridine rings is 1. The second-order valence-electron chi connectivity index (χ2n) is 5.21. The number of carbonyl (C=O) groups is 1. The molecule has 4 rings (SSSR count). The number of rotatable bonds is 1. The monoisotopic (exact) mass is 275 g/mol. The predicted octanol–water partition coefficient (Wildman–Crippen LogP) is 3.21. The average Bonchev–Trinajstić information content (AvgIpc) is 2.54. The molecule has 4 heteroatoms. The maximum atomic E-state index is 11.9. The molecule has 1 aliphatic carbocycles. The molecular formula is C17H13N3O. The fourth-order valence-corrected chi connectivity index (χ4v) is 2.81. The van der Waals surface area contributed by atoms with Crippen LogP contribution in [0.15, 0.2) is 42.7 Å². The predicted molar refractivity (Wildman–Crippen MR) is 80.0 cm³/mol. The van der Waals surface area contributed by atoms with Crippen molar-refractivity contribution in [2.75, 3.05) is 0 Å². The van der Waals surface area contributed by atoms with E-state index in [-0.39, 0.29) is 5.78 Å². The van der Waals surface area contributed by atoms with Gasteiger partial charge in [-0.3, -0.25) is 9.78 Å². The molecule has 0 unspecified atom stereocenters. The Bertz CT molecular complexity index is 852. The van der Waals surface area contributed by atoms with E-state index in [4.69, 9.17) is 0 Å². The number of carbonyl (C=O) groups excluding carboxylic acids is 1. The van der Waals surface area contributed by atoms with Gasteiger partial charge < -0.3 is 0 Å². The van der Waals surface area contributed by atoms with Gasteiger partial charge in [0.15, 0.2) is 11.6 Å². The zero-order chi connectivity index (χ0) is 14.2. The third-order valence-electron chi connectivity index (χ3n) is 3.88. The quantitative estimate of drug-likeness (QED) is 0.684. The maximum Gasteiger partial charge on any atom is 0.166 e. The molecule has 102 valence electrons. The Hall–Kier alpha value is -2.62. The van der Waals surface area contributed by atoms with E-state index in [1.807, 2.05) is 30.3 Å². The Labute approximate surface area is 121 Å². The van der Waals surface area contributed by atoms with Crippen LogP contribution in [0.1, 0.15) is 28.9 Å². The van der Waals surface area contributed by atoms with E-state index in [0.29, 0.717) is 17.8 Å². The zero-order valence-electron chi connectivity index (χ0n) is 11.4. The number of aromatic nitrogens is 3. The normalized spacial score (nSPS) is 14.2. The Morgan fingerprint density at radius 2 is 1.86 bits per heavy atom. The van der Waals surface area contributed by atoms with Crippen molar-refractivity contribution in [1.82, 2.24) is 15.0 Å². The molecule has 21 heavy (non-hydrogen) atoms. The van der Waals surface area contributed by atoms with Crippen LogP contribution in [0.2, 0.25) is 0 Å². The van der Waals surface area contributed by atoms with E-state index in [1.54, 1.807) is 12.4 Å². The second kappa shape index (κ2) is 4.74. The number of ketones is 1. The number of fused-ring (bicyclic) bond motifs is 2. The lowest BCUT2D eigenvalue weighted by atomic mass is 9.96. The topological polar surface area (TPSA) is 55.7 Å². The molecule has 1 aromatic carbocycles. The van der Waals surface area contributed by atoms with E-state index in [2.05, 4.69) is 15.0 Å². The van der Waals surface area contributed by atoms with Crippen LogP contribution in [0.25, 0.3) is 22.3 Å². The van der Waals surface area contributed by atoms with Gasteiger partial charge >= 0.3 is 0 Å². The van der Waals surface area contributed by atoms with Crippen molar-refractivity contribution in [3.05, 3.63) is 54.0 Å². The standard InChI is InChI=1S/C17H13N3O/c21-16-7-3-6-15-13(16)10-19-17(20-15)12-8-9-18-14-5-2-1-4-11(12)14/h1-2,4-5,8-10H,3,6-7H2. The lowest BCUT2D eigenvalue weighted by molar-refractivity contribution is 0.0971. The van der Waals surface area contributed by atoms with Crippen molar-refractivity contribution in [3.8, 4) is 11.4 Å². The SMILES string of the molecule is O=C1CCCc2nc(-c3ccnc4ccccc34)ncc21. The molecule has 0 amide bonds. The highest BCUT2D eigenvalue weighted by Gasteiger charge is 2.20.